The Kier molecular flexibility index (Phi) is 2.72. The Morgan fingerprint density at radius 3 is 2.07 bits per heavy atom. The SMILES string of the molecule is CCC(C)(C)C12BC(C)(CCC1)CCC2. The highest BCUT2D eigenvalue weighted by Gasteiger charge is 2.52. The molecule has 0 N–H and O–H groups in total. The fourth-order valence-electron chi connectivity index (χ4n) is 4.42. The van der Waals surface area contributed by atoms with Crippen LogP contribution in [-0.2, 0) is 0 Å². The molecule has 0 aromatic rings. The number of fused-ring (bicyclic) bond motifs is 2. The Labute approximate surface area is 96.5 Å². The first-order valence-electron chi connectivity index (χ1n) is 6.93. The van der Waals surface area contributed by atoms with Gasteiger partial charge in [0, 0.05) is 0 Å². The Bertz CT molecular complexity index is 232. The largest absolute Gasteiger partial charge is 0.135 e. The molecule has 0 unspecified atom stereocenters. The fraction of sp³-hybridized carbons (Fsp3) is 1.00. The van der Waals surface area contributed by atoms with Crippen molar-refractivity contribution in [3.05, 3.63) is 0 Å². The summed E-state index contributed by atoms with van der Waals surface area (Å²) in [6.07, 6.45) is 10.3. The van der Waals surface area contributed by atoms with Crippen molar-refractivity contribution >= 4 is 7.28 Å². The third kappa shape index (κ3) is 1.76. The lowest BCUT2D eigenvalue weighted by molar-refractivity contribution is 0.146. The molecule has 2 fully saturated rings. The van der Waals surface area contributed by atoms with Gasteiger partial charge in [0.2, 0.25) is 0 Å². The van der Waals surface area contributed by atoms with E-state index in [-0.39, 0.29) is 0 Å². The smallest absolute Gasteiger partial charge is 0.0665 e. The van der Waals surface area contributed by atoms with E-state index in [1.807, 2.05) is 0 Å². The Morgan fingerprint density at radius 1 is 1.07 bits per heavy atom. The highest BCUT2D eigenvalue weighted by atomic mass is 14.5. The van der Waals surface area contributed by atoms with Crippen molar-refractivity contribution in [2.24, 2.45) is 5.41 Å². The van der Waals surface area contributed by atoms with E-state index in [2.05, 4.69) is 27.7 Å². The topological polar surface area (TPSA) is 0 Å². The van der Waals surface area contributed by atoms with Gasteiger partial charge in [0.15, 0.2) is 0 Å². The maximum Gasteiger partial charge on any atom is 0.135 e. The van der Waals surface area contributed by atoms with Gasteiger partial charge in [0.25, 0.3) is 0 Å². The number of hydrogen-bond acceptors (Lipinski definition) is 0. The second-order valence-corrected chi connectivity index (χ2v) is 7.21. The first-order chi connectivity index (χ1) is 6.93. The van der Waals surface area contributed by atoms with Crippen LogP contribution < -0.4 is 0 Å². The molecule has 0 aromatic heterocycles. The fourth-order valence-corrected chi connectivity index (χ4v) is 4.42. The number of rotatable bonds is 2. The van der Waals surface area contributed by atoms with Gasteiger partial charge in [-0.2, -0.15) is 0 Å². The van der Waals surface area contributed by atoms with Crippen molar-refractivity contribution < 1.29 is 0 Å². The molecule has 2 aliphatic rings. The van der Waals surface area contributed by atoms with Crippen molar-refractivity contribution in [2.45, 2.75) is 83.3 Å². The molecule has 2 heterocycles. The van der Waals surface area contributed by atoms with E-state index in [0.717, 1.165) is 0 Å². The van der Waals surface area contributed by atoms with Crippen LogP contribution >= 0.6 is 0 Å². The van der Waals surface area contributed by atoms with Crippen molar-refractivity contribution in [1.29, 1.82) is 0 Å². The molecular formula is C14H27B. The van der Waals surface area contributed by atoms with Gasteiger partial charge in [-0.25, -0.2) is 0 Å². The molecule has 15 heavy (non-hydrogen) atoms. The molecule has 2 bridgehead atoms. The van der Waals surface area contributed by atoms with Gasteiger partial charge in [-0.1, -0.05) is 78.0 Å². The second-order valence-electron chi connectivity index (χ2n) is 7.21. The van der Waals surface area contributed by atoms with Crippen LogP contribution in [0.15, 0.2) is 0 Å². The molecule has 0 aliphatic carbocycles. The maximum absolute atomic E-state index is 2.55. The minimum atomic E-state index is 0.565. The molecule has 0 spiro atoms. The Balaban J connectivity index is 2.27. The molecule has 0 amide bonds. The van der Waals surface area contributed by atoms with E-state index in [9.17, 15) is 0 Å². The lowest BCUT2D eigenvalue weighted by Gasteiger charge is -2.57. The summed E-state index contributed by atoms with van der Waals surface area (Å²) in [5.41, 5.74) is 0.565. The lowest BCUT2D eigenvalue weighted by atomic mass is 9.25. The summed E-state index contributed by atoms with van der Waals surface area (Å²) in [7, 11) is 1.51. The third-order valence-corrected chi connectivity index (χ3v) is 5.96. The summed E-state index contributed by atoms with van der Waals surface area (Å²) in [4.78, 5) is 0. The second kappa shape index (κ2) is 3.53. The molecule has 0 radical (unpaired) electrons. The van der Waals surface area contributed by atoms with Gasteiger partial charge in [-0.05, 0) is 10.7 Å². The summed E-state index contributed by atoms with van der Waals surface area (Å²) in [6, 6.07) is 0. The molecule has 2 rings (SSSR count). The average Bonchev–Trinajstić information content (AvgIpc) is 2.16. The summed E-state index contributed by atoms with van der Waals surface area (Å²) in [5.74, 6) is 0. The predicted molar refractivity (Wildman–Crippen MR) is 70.0 cm³/mol. The van der Waals surface area contributed by atoms with Gasteiger partial charge < -0.3 is 0 Å². The van der Waals surface area contributed by atoms with E-state index in [1.165, 1.54) is 52.2 Å². The van der Waals surface area contributed by atoms with Crippen LogP contribution in [0.25, 0.3) is 0 Å². The third-order valence-electron chi connectivity index (χ3n) is 5.96. The average molecular weight is 206 g/mol. The van der Waals surface area contributed by atoms with Crippen LogP contribution in [0.3, 0.4) is 0 Å². The van der Waals surface area contributed by atoms with E-state index in [4.69, 9.17) is 0 Å². The van der Waals surface area contributed by atoms with Crippen molar-refractivity contribution in [3.8, 4) is 0 Å². The molecule has 2 saturated heterocycles. The lowest BCUT2D eigenvalue weighted by Crippen LogP contribution is -2.46. The van der Waals surface area contributed by atoms with Crippen molar-refractivity contribution in [2.75, 3.05) is 0 Å². The number of hydrogen-bond donors (Lipinski definition) is 0. The summed E-state index contributed by atoms with van der Waals surface area (Å²) < 4.78 is 0. The van der Waals surface area contributed by atoms with E-state index >= 15 is 0 Å². The van der Waals surface area contributed by atoms with Crippen LogP contribution in [0.5, 0.6) is 0 Å². The van der Waals surface area contributed by atoms with Crippen LogP contribution in [-0.4, -0.2) is 7.28 Å². The molecule has 0 atom stereocenters. The summed E-state index contributed by atoms with van der Waals surface area (Å²) >= 11 is 0. The standard InChI is InChI=1S/C14H27B/c1-5-12(2,3)14-10-6-8-13(4,15-14)9-7-11-14/h15H,5-11H2,1-4H3. The highest BCUT2D eigenvalue weighted by Crippen LogP contribution is 2.65. The zero-order valence-electron chi connectivity index (χ0n) is 11.2. The maximum atomic E-state index is 2.55. The minimum Gasteiger partial charge on any atom is -0.0665 e. The van der Waals surface area contributed by atoms with Crippen LogP contribution in [0, 0.1) is 5.41 Å². The zero-order valence-corrected chi connectivity index (χ0v) is 11.2. The first-order valence-corrected chi connectivity index (χ1v) is 6.93. The van der Waals surface area contributed by atoms with Gasteiger partial charge in [-0.3, -0.25) is 0 Å². The van der Waals surface area contributed by atoms with Gasteiger partial charge in [0.05, 0.1) is 0 Å². The molecule has 0 aromatic carbocycles. The normalized spacial score (nSPS) is 41.1. The molecular weight excluding hydrogens is 179 g/mol. The predicted octanol–water partition coefficient (Wildman–Crippen LogP) is 4.56. The van der Waals surface area contributed by atoms with Gasteiger partial charge >= 0.3 is 0 Å². The minimum absolute atomic E-state index is 0.565. The van der Waals surface area contributed by atoms with E-state index < -0.39 is 0 Å². The van der Waals surface area contributed by atoms with E-state index in [1.54, 1.807) is 0 Å². The summed E-state index contributed by atoms with van der Waals surface area (Å²) in [6.45, 7) is 9.97. The van der Waals surface area contributed by atoms with Gasteiger partial charge in [0.1, 0.15) is 7.28 Å². The molecule has 1 heteroatoms. The molecule has 0 saturated carbocycles. The first kappa shape index (κ1) is 11.5. The van der Waals surface area contributed by atoms with Crippen LogP contribution in [0.2, 0.25) is 10.6 Å². The van der Waals surface area contributed by atoms with Gasteiger partial charge in [-0.15, -0.1) is 0 Å². The summed E-state index contributed by atoms with van der Waals surface area (Å²) in [5, 5.41) is 1.38. The highest BCUT2D eigenvalue weighted by molar-refractivity contribution is 6.45. The van der Waals surface area contributed by atoms with Crippen LogP contribution in [0.4, 0.5) is 0 Å². The van der Waals surface area contributed by atoms with E-state index in [0.29, 0.717) is 16.0 Å². The van der Waals surface area contributed by atoms with Crippen molar-refractivity contribution in [3.63, 3.8) is 0 Å². The van der Waals surface area contributed by atoms with Crippen molar-refractivity contribution in [1.82, 2.24) is 0 Å². The monoisotopic (exact) mass is 206 g/mol. The zero-order chi connectivity index (χ0) is 11.2. The van der Waals surface area contributed by atoms with Crippen LogP contribution in [0.1, 0.15) is 72.6 Å². The molecule has 2 aliphatic heterocycles. The molecule has 0 nitrogen and oxygen atoms in total. The quantitative estimate of drug-likeness (QED) is 0.581. The molecule has 86 valence electrons. The Morgan fingerprint density at radius 2 is 1.60 bits per heavy atom. The Hall–Kier alpha value is 0.0649.